The Balaban J connectivity index is 0.00000200. The van der Waals surface area contributed by atoms with Crippen LogP contribution in [0, 0.1) is 12.7 Å². The molecule has 8 heteroatoms. The second-order valence-electron chi connectivity index (χ2n) is 4.50. The Morgan fingerprint density at radius 2 is 2.20 bits per heavy atom. The van der Waals surface area contributed by atoms with E-state index in [2.05, 4.69) is 0 Å². The van der Waals surface area contributed by atoms with Gasteiger partial charge in [0.2, 0.25) is 10.0 Å². The fourth-order valence-electron chi connectivity index (χ4n) is 2.09. The minimum atomic E-state index is -3.62. The van der Waals surface area contributed by atoms with Gasteiger partial charge in [0.15, 0.2) is 0 Å². The van der Waals surface area contributed by atoms with Gasteiger partial charge in [-0.3, -0.25) is 0 Å². The molecular formula is C12H18ClFN2O3S. The van der Waals surface area contributed by atoms with Crippen LogP contribution in [0.5, 0.6) is 0 Å². The zero-order chi connectivity index (χ0) is 14.0. The highest BCUT2D eigenvalue weighted by molar-refractivity contribution is 7.89. The van der Waals surface area contributed by atoms with Gasteiger partial charge >= 0.3 is 0 Å². The summed E-state index contributed by atoms with van der Waals surface area (Å²) in [5.41, 5.74) is 5.90. The maximum absolute atomic E-state index is 13.0. The second-order valence-corrected chi connectivity index (χ2v) is 6.41. The lowest BCUT2D eigenvalue weighted by molar-refractivity contribution is 0.00449. The molecule has 1 aromatic carbocycles. The number of rotatable bonds is 3. The lowest BCUT2D eigenvalue weighted by Gasteiger charge is -2.31. The minimum absolute atomic E-state index is 0. The van der Waals surface area contributed by atoms with Gasteiger partial charge in [-0.25, -0.2) is 12.8 Å². The van der Waals surface area contributed by atoms with E-state index in [4.69, 9.17) is 10.5 Å². The summed E-state index contributed by atoms with van der Waals surface area (Å²) in [6.45, 7) is 2.69. The predicted octanol–water partition coefficient (Wildman–Crippen LogP) is 0.904. The van der Waals surface area contributed by atoms with Crippen LogP contribution in [0.2, 0.25) is 0 Å². The van der Waals surface area contributed by atoms with E-state index in [1.165, 1.54) is 16.4 Å². The van der Waals surface area contributed by atoms with E-state index in [-0.39, 0.29) is 43.0 Å². The van der Waals surface area contributed by atoms with Crippen LogP contribution in [0.25, 0.3) is 0 Å². The van der Waals surface area contributed by atoms with Crippen molar-refractivity contribution in [1.82, 2.24) is 4.31 Å². The maximum Gasteiger partial charge on any atom is 0.243 e. The normalized spacial score (nSPS) is 20.4. The molecule has 1 fully saturated rings. The third kappa shape index (κ3) is 3.48. The fourth-order valence-corrected chi connectivity index (χ4v) is 3.76. The molecule has 20 heavy (non-hydrogen) atoms. The Hall–Kier alpha value is -0.730. The third-order valence-corrected chi connectivity index (χ3v) is 5.14. The van der Waals surface area contributed by atoms with Crippen molar-refractivity contribution in [1.29, 1.82) is 0 Å². The third-order valence-electron chi connectivity index (χ3n) is 3.12. The molecule has 0 amide bonds. The standard InChI is InChI=1S/C12H17FN2O3S.ClH/c1-9-6-10(13)2-3-12(9)19(16,17)15-4-5-18-11(7-14)8-15;/h2-3,6,11H,4-5,7-8,14H2,1H3;1H. The lowest BCUT2D eigenvalue weighted by Crippen LogP contribution is -2.48. The maximum atomic E-state index is 13.0. The summed E-state index contributed by atoms with van der Waals surface area (Å²) in [6.07, 6.45) is -0.288. The Bertz CT molecular complexity index is 568. The number of halogens is 2. The molecule has 2 N–H and O–H groups in total. The summed E-state index contributed by atoms with van der Waals surface area (Å²) >= 11 is 0. The van der Waals surface area contributed by atoms with Gasteiger partial charge < -0.3 is 10.5 Å². The Labute approximate surface area is 124 Å². The number of morpholine rings is 1. The Morgan fingerprint density at radius 3 is 2.80 bits per heavy atom. The van der Waals surface area contributed by atoms with E-state index < -0.39 is 15.8 Å². The van der Waals surface area contributed by atoms with Gasteiger partial charge in [-0.05, 0) is 30.7 Å². The first-order valence-electron chi connectivity index (χ1n) is 6.03. The van der Waals surface area contributed by atoms with Gasteiger partial charge in [0.05, 0.1) is 17.6 Å². The number of benzene rings is 1. The van der Waals surface area contributed by atoms with Crippen LogP contribution in [0.3, 0.4) is 0 Å². The number of sulfonamides is 1. The number of nitrogens with two attached hydrogens (primary N) is 1. The molecule has 114 valence electrons. The quantitative estimate of drug-likeness (QED) is 0.897. The number of nitrogens with zero attached hydrogens (tertiary/aromatic N) is 1. The highest BCUT2D eigenvalue weighted by Crippen LogP contribution is 2.22. The smallest absolute Gasteiger partial charge is 0.243 e. The molecule has 1 saturated heterocycles. The van der Waals surface area contributed by atoms with E-state index in [9.17, 15) is 12.8 Å². The first-order chi connectivity index (χ1) is 8.95. The number of ether oxygens (including phenoxy) is 1. The molecular weight excluding hydrogens is 307 g/mol. The Morgan fingerprint density at radius 1 is 1.50 bits per heavy atom. The van der Waals surface area contributed by atoms with Gasteiger partial charge in [0, 0.05) is 19.6 Å². The van der Waals surface area contributed by atoms with Crippen LogP contribution >= 0.6 is 12.4 Å². The summed E-state index contributed by atoms with van der Waals surface area (Å²) in [6, 6.07) is 3.67. The summed E-state index contributed by atoms with van der Waals surface area (Å²) < 4.78 is 44.7. The monoisotopic (exact) mass is 324 g/mol. The molecule has 5 nitrogen and oxygen atoms in total. The zero-order valence-electron chi connectivity index (χ0n) is 11.1. The Kier molecular flexibility index (Phi) is 5.91. The van der Waals surface area contributed by atoms with Gasteiger partial charge in [-0.2, -0.15) is 4.31 Å². The van der Waals surface area contributed by atoms with Crippen LogP contribution in [0.1, 0.15) is 5.56 Å². The van der Waals surface area contributed by atoms with E-state index in [0.29, 0.717) is 12.2 Å². The SMILES string of the molecule is Cc1cc(F)ccc1S(=O)(=O)N1CCOC(CN)C1.Cl. The van der Waals surface area contributed by atoms with E-state index in [1.807, 2.05) is 0 Å². The van der Waals surface area contributed by atoms with Crippen LogP contribution in [-0.4, -0.2) is 45.1 Å². The molecule has 0 aliphatic carbocycles. The van der Waals surface area contributed by atoms with Gasteiger partial charge in [-0.15, -0.1) is 12.4 Å². The highest BCUT2D eigenvalue weighted by atomic mass is 35.5. The van der Waals surface area contributed by atoms with Crippen LogP contribution in [-0.2, 0) is 14.8 Å². The van der Waals surface area contributed by atoms with Gasteiger partial charge in [-0.1, -0.05) is 0 Å². The average molecular weight is 325 g/mol. The second kappa shape index (κ2) is 6.82. The predicted molar refractivity (Wildman–Crippen MR) is 75.9 cm³/mol. The van der Waals surface area contributed by atoms with E-state index >= 15 is 0 Å². The largest absolute Gasteiger partial charge is 0.374 e. The molecule has 2 rings (SSSR count). The van der Waals surface area contributed by atoms with Crippen molar-refractivity contribution in [2.45, 2.75) is 17.9 Å². The van der Waals surface area contributed by atoms with E-state index in [1.54, 1.807) is 6.92 Å². The van der Waals surface area contributed by atoms with Crippen molar-refractivity contribution in [2.75, 3.05) is 26.2 Å². The molecule has 0 aromatic heterocycles. The molecule has 1 aromatic rings. The first kappa shape index (κ1) is 17.3. The summed E-state index contributed by atoms with van der Waals surface area (Å²) in [4.78, 5) is 0.131. The van der Waals surface area contributed by atoms with Crippen molar-refractivity contribution in [3.63, 3.8) is 0 Å². The molecule has 0 bridgehead atoms. The number of hydrogen-bond acceptors (Lipinski definition) is 4. The molecule has 0 saturated carbocycles. The zero-order valence-corrected chi connectivity index (χ0v) is 12.7. The highest BCUT2D eigenvalue weighted by Gasteiger charge is 2.31. The molecule has 1 heterocycles. The first-order valence-corrected chi connectivity index (χ1v) is 7.47. The van der Waals surface area contributed by atoms with Crippen LogP contribution < -0.4 is 5.73 Å². The molecule has 1 aliphatic rings. The van der Waals surface area contributed by atoms with Crippen molar-refractivity contribution in [2.24, 2.45) is 5.73 Å². The number of aryl methyl sites for hydroxylation is 1. The fraction of sp³-hybridized carbons (Fsp3) is 0.500. The average Bonchev–Trinajstić information content (AvgIpc) is 2.38. The van der Waals surface area contributed by atoms with Crippen molar-refractivity contribution < 1.29 is 17.5 Å². The van der Waals surface area contributed by atoms with Crippen molar-refractivity contribution in [3.8, 4) is 0 Å². The lowest BCUT2D eigenvalue weighted by atomic mass is 10.2. The molecule has 1 aliphatic heterocycles. The molecule has 0 radical (unpaired) electrons. The minimum Gasteiger partial charge on any atom is -0.374 e. The summed E-state index contributed by atoms with van der Waals surface area (Å²) in [7, 11) is -3.62. The van der Waals surface area contributed by atoms with E-state index in [0.717, 1.165) is 6.07 Å². The summed E-state index contributed by atoms with van der Waals surface area (Å²) in [5.74, 6) is -0.446. The van der Waals surface area contributed by atoms with Gasteiger partial charge in [0.1, 0.15) is 5.82 Å². The van der Waals surface area contributed by atoms with Crippen molar-refractivity contribution in [3.05, 3.63) is 29.6 Å². The molecule has 0 spiro atoms. The van der Waals surface area contributed by atoms with Crippen molar-refractivity contribution >= 4 is 22.4 Å². The van der Waals surface area contributed by atoms with Gasteiger partial charge in [0.25, 0.3) is 0 Å². The topological polar surface area (TPSA) is 72.6 Å². The van der Waals surface area contributed by atoms with Crippen LogP contribution in [0.4, 0.5) is 4.39 Å². The molecule has 1 unspecified atom stereocenters. The summed E-state index contributed by atoms with van der Waals surface area (Å²) in [5, 5.41) is 0. The molecule has 1 atom stereocenters. The number of hydrogen-bond donors (Lipinski definition) is 1. The van der Waals surface area contributed by atoms with Crippen LogP contribution in [0.15, 0.2) is 23.1 Å².